The Morgan fingerprint density at radius 1 is 0.265 bits per heavy atom. The van der Waals surface area contributed by atoms with Crippen molar-refractivity contribution in [3.05, 3.63) is 179 Å². The molecule has 254 valence electrons. The zero-order chi connectivity index (χ0) is 34.1. The third-order valence-corrected chi connectivity index (χ3v) is 9.87. The van der Waals surface area contributed by atoms with Crippen LogP contribution in [0.15, 0.2) is 146 Å². The second-order valence-electron chi connectivity index (χ2n) is 11.1. The maximum Gasteiger partial charge on any atom is 3.00 e. The molecule has 0 atom stereocenters. The molecule has 0 aliphatic rings. The average Bonchev–Trinajstić information content (AvgIpc) is 3.18. The van der Waals surface area contributed by atoms with Crippen LogP contribution in [0, 0.1) is 0 Å². The van der Waals surface area contributed by atoms with Gasteiger partial charge in [0.1, 0.15) is 0 Å². The SMILES string of the molecule is SCc1ccc(-c2ccc(CS)cc2)cc1.[Au+3].[S-]Cc1ccc(-c2ccc(CS)cc2)cc1.[S-]Cc1ccc(-c2ccc(C[S-])cc2)cc1. The summed E-state index contributed by atoms with van der Waals surface area (Å²) in [5.41, 5.74) is 14.7. The van der Waals surface area contributed by atoms with Gasteiger partial charge in [0.2, 0.25) is 0 Å². The van der Waals surface area contributed by atoms with E-state index in [-0.39, 0.29) is 22.4 Å². The van der Waals surface area contributed by atoms with Crippen LogP contribution in [0.2, 0.25) is 0 Å². The molecule has 0 radical (unpaired) electrons. The van der Waals surface area contributed by atoms with Gasteiger partial charge in [-0.2, -0.15) is 55.1 Å². The summed E-state index contributed by atoms with van der Waals surface area (Å²) in [6, 6.07) is 50.8. The minimum Gasteiger partial charge on any atom is -0.788 e. The molecule has 0 fully saturated rings. The van der Waals surface area contributed by atoms with Gasteiger partial charge >= 0.3 is 22.4 Å². The standard InChI is InChI=1S/3C14H14S2.Au/c3*15-9-11-1-5-13(6-2-11)14-7-3-12(10-16)4-8-14;/h3*1-8,15-16H,9-10H2;/q;;;+3/p-3. The first-order valence-electron chi connectivity index (χ1n) is 15.6. The van der Waals surface area contributed by atoms with Crippen LogP contribution in [0.5, 0.6) is 0 Å². The monoisotopic (exact) mass is 932 g/mol. The molecule has 0 heterocycles. The van der Waals surface area contributed by atoms with Crippen molar-refractivity contribution in [2.75, 3.05) is 0 Å². The topological polar surface area (TPSA) is 0 Å². The quantitative estimate of drug-likeness (QED) is 0.0751. The van der Waals surface area contributed by atoms with Gasteiger partial charge in [-0.15, -0.1) is 0 Å². The molecule has 0 unspecified atom stereocenters. The molecule has 0 aromatic heterocycles. The van der Waals surface area contributed by atoms with Gasteiger partial charge in [-0.05, 0) is 50.1 Å². The molecule has 7 heteroatoms. The van der Waals surface area contributed by atoms with Gasteiger partial charge in [0, 0.05) is 17.3 Å². The minimum absolute atomic E-state index is 0. The van der Waals surface area contributed by atoms with Gasteiger partial charge in [-0.25, -0.2) is 0 Å². The molecule has 6 rings (SSSR count). The fourth-order valence-corrected chi connectivity index (χ4v) is 6.00. The van der Waals surface area contributed by atoms with Crippen molar-refractivity contribution in [2.45, 2.75) is 34.5 Å². The van der Waals surface area contributed by atoms with Crippen LogP contribution in [0.4, 0.5) is 0 Å². The molecule has 6 aromatic rings. The second kappa shape index (κ2) is 22.9. The van der Waals surface area contributed by atoms with E-state index in [9.17, 15) is 0 Å². The van der Waals surface area contributed by atoms with Crippen LogP contribution < -0.4 is 0 Å². The summed E-state index contributed by atoms with van der Waals surface area (Å²) in [4.78, 5) is 0. The Kier molecular flexibility index (Phi) is 19.4. The molecule has 0 aliphatic heterocycles. The Morgan fingerprint density at radius 3 is 0.531 bits per heavy atom. The molecule has 0 N–H and O–H groups in total. The van der Waals surface area contributed by atoms with Gasteiger partial charge in [-0.1, -0.05) is 162 Å². The molecule has 0 saturated carbocycles. The van der Waals surface area contributed by atoms with E-state index in [1.165, 1.54) is 66.8 Å². The largest absolute Gasteiger partial charge is 3.00 e. The minimum atomic E-state index is 0. The van der Waals surface area contributed by atoms with Gasteiger partial charge in [0.05, 0.1) is 0 Å². The van der Waals surface area contributed by atoms with Crippen LogP contribution in [-0.2, 0) is 94.8 Å². The van der Waals surface area contributed by atoms with E-state index in [2.05, 4.69) is 183 Å². The zero-order valence-electron chi connectivity index (χ0n) is 27.0. The van der Waals surface area contributed by atoms with E-state index >= 15 is 0 Å². The Bertz CT molecular complexity index is 1420. The van der Waals surface area contributed by atoms with Gasteiger partial charge in [0.15, 0.2) is 0 Å². The molecule has 0 nitrogen and oxygen atoms in total. The van der Waals surface area contributed by atoms with E-state index in [1.54, 1.807) is 0 Å². The summed E-state index contributed by atoms with van der Waals surface area (Å²) in [6.07, 6.45) is 0. The van der Waals surface area contributed by atoms with Crippen LogP contribution in [0.1, 0.15) is 33.4 Å². The summed E-state index contributed by atoms with van der Waals surface area (Å²) in [5.74, 6) is 4.40. The molecular weight excluding hydrogens is 894 g/mol. The van der Waals surface area contributed by atoms with Gasteiger partial charge < -0.3 is 37.9 Å². The molecule has 0 spiro atoms. The van der Waals surface area contributed by atoms with Crippen molar-refractivity contribution in [2.24, 2.45) is 0 Å². The van der Waals surface area contributed by atoms with Crippen molar-refractivity contribution >= 4 is 75.8 Å². The first kappa shape index (κ1) is 41.6. The first-order valence-corrected chi connectivity index (χ1v) is 19.2. The molecule has 0 saturated heterocycles. The predicted octanol–water partition coefficient (Wildman–Crippen LogP) is 11.5. The van der Waals surface area contributed by atoms with Crippen molar-refractivity contribution < 1.29 is 22.4 Å². The van der Waals surface area contributed by atoms with Gasteiger partial charge in [-0.3, -0.25) is 0 Å². The third kappa shape index (κ3) is 13.3. The van der Waals surface area contributed by atoms with Crippen molar-refractivity contribution in [1.29, 1.82) is 0 Å². The maximum absolute atomic E-state index is 5.00. The van der Waals surface area contributed by atoms with E-state index in [4.69, 9.17) is 37.9 Å². The van der Waals surface area contributed by atoms with E-state index < -0.39 is 0 Å². The van der Waals surface area contributed by atoms with Crippen LogP contribution in [0.25, 0.3) is 33.4 Å². The van der Waals surface area contributed by atoms with Crippen molar-refractivity contribution in [3.8, 4) is 33.4 Å². The smallest absolute Gasteiger partial charge is 0.788 e. The van der Waals surface area contributed by atoms with Crippen LogP contribution in [0.3, 0.4) is 0 Å². The molecule has 0 bridgehead atoms. The zero-order valence-corrected chi connectivity index (χ0v) is 34.3. The molecule has 49 heavy (non-hydrogen) atoms. The Morgan fingerprint density at radius 2 is 0.408 bits per heavy atom. The fraction of sp³-hybridized carbons (Fsp3) is 0.143. The predicted molar refractivity (Wildman–Crippen MR) is 227 cm³/mol. The average molecular weight is 933 g/mol. The van der Waals surface area contributed by atoms with E-state index in [0.29, 0.717) is 17.3 Å². The summed E-state index contributed by atoms with van der Waals surface area (Å²) in [5, 5.41) is 0. The van der Waals surface area contributed by atoms with Crippen molar-refractivity contribution in [3.63, 3.8) is 0 Å². The Hall–Kier alpha value is -1.84. The van der Waals surface area contributed by atoms with E-state index in [1.807, 2.05) is 0 Å². The number of thiol groups is 3. The van der Waals surface area contributed by atoms with Crippen LogP contribution in [-0.4, -0.2) is 0 Å². The van der Waals surface area contributed by atoms with Crippen molar-refractivity contribution in [1.82, 2.24) is 0 Å². The Balaban J connectivity index is 0.000000197. The number of rotatable bonds is 9. The molecular formula is C42H39AuS6. The fourth-order valence-electron chi connectivity index (χ4n) is 4.79. The number of hydrogen-bond donors (Lipinski definition) is 3. The first-order chi connectivity index (χ1) is 23.5. The third-order valence-electron chi connectivity index (χ3n) is 7.77. The second-order valence-corrected chi connectivity index (χ2v) is 12.9. The summed E-state index contributed by atoms with van der Waals surface area (Å²) in [6.45, 7) is 0. The summed E-state index contributed by atoms with van der Waals surface area (Å²) < 4.78 is 0. The summed E-state index contributed by atoms with van der Waals surface area (Å²) >= 11 is 27.7. The summed E-state index contributed by atoms with van der Waals surface area (Å²) in [7, 11) is 0. The number of hydrogen-bond acceptors (Lipinski definition) is 6. The van der Waals surface area contributed by atoms with Crippen LogP contribution >= 0.6 is 37.9 Å². The Labute approximate surface area is 341 Å². The van der Waals surface area contributed by atoms with E-state index in [0.717, 1.165) is 17.3 Å². The molecule has 6 aromatic carbocycles. The number of benzene rings is 6. The molecule has 0 amide bonds. The molecule has 0 aliphatic carbocycles. The van der Waals surface area contributed by atoms with Gasteiger partial charge in [0.25, 0.3) is 0 Å². The maximum atomic E-state index is 5.00. The normalized spacial score (nSPS) is 10.2.